The second kappa shape index (κ2) is 5.64. The van der Waals surface area contributed by atoms with Crippen LogP contribution in [0.3, 0.4) is 0 Å². The van der Waals surface area contributed by atoms with E-state index in [-0.39, 0.29) is 6.04 Å². The van der Waals surface area contributed by atoms with Crippen LogP contribution >= 0.6 is 0 Å². The van der Waals surface area contributed by atoms with Crippen molar-refractivity contribution in [2.45, 2.75) is 6.04 Å². The molecule has 0 aromatic carbocycles. The summed E-state index contributed by atoms with van der Waals surface area (Å²) in [5.74, 6) is 0. The number of rotatable bonds is 2. The number of pyridine rings is 1. The van der Waals surface area contributed by atoms with Crippen LogP contribution in [0.1, 0.15) is 11.6 Å². The van der Waals surface area contributed by atoms with Gasteiger partial charge in [-0.3, -0.25) is 4.68 Å². The first-order chi connectivity index (χ1) is 11.6. The minimum absolute atomic E-state index is 0.0448. The Bertz CT molecular complexity index is 899. The van der Waals surface area contributed by atoms with E-state index in [0.29, 0.717) is 19.6 Å². The van der Waals surface area contributed by atoms with Crippen LogP contribution in [-0.2, 0) is 7.05 Å². The van der Waals surface area contributed by atoms with Crippen LogP contribution in [0.15, 0.2) is 36.9 Å². The van der Waals surface area contributed by atoms with E-state index in [2.05, 4.69) is 15.5 Å². The van der Waals surface area contributed by atoms with Crippen molar-refractivity contribution in [1.82, 2.24) is 29.6 Å². The Kier molecular flexibility index (Phi) is 3.46. The summed E-state index contributed by atoms with van der Waals surface area (Å²) in [7, 11) is 1.89. The van der Waals surface area contributed by atoms with Crippen molar-refractivity contribution in [3.05, 3.63) is 42.5 Å². The number of hydrogen-bond donors (Lipinski definition) is 2. The number of carboxylic acid groups (broad SMARTS) is 1. The number of fused-ring (bicyclic) bond motifs is 1. The highest BCUT2D eigenvalue weighted by Crippen LogP contribution is 2.25. The lowest BCUT2D eigenvalue weighted by Crippen LogP contribution is -2.47. The first-order valence-corrected chi connectivity index (χ1v) is 7.79. The Balaban J connectivity index is 1.67. The normalized spacial score (nSPS) is 18.2. The Hall–Kier alpha value is -2.87. The third-order valence-corrected chi connectivity index (χ3v) is 4.41. The van der Waals surface area contributed by atoms with Gasteiger partial charge in [-0.1, -0.05) is 6.07 Å². The average molecular weight is 326 g/mol. The number of amides is 1. The molecular weight excluding hydrogens is 308 g/mol. The number of aromatic nitrogens is 4. The molecule has 0 saturated carbocycles. The van der Waals surface area contributed by atoms with E-state index in [1.54, 1.807) is 4.68 Å². The van der Waals surface area contributed by atoms with Crippen molar-refractivity contribution in [3.8, 4) is 11.1 Å². The van der Waals surface area contributed by atoms with Gasteiger partial charge in [-0.2, -0.15) is 10.2 Å². The van der Waals surface area contributed by atoms with Crippen LogP contribution in [0.2, 0.25) is 0 Å². The maximum Gasteiger partial charge on any atom is 0.407 e. The zero-order valence-electron chi connectivity index (χ0n) is 13.3. The highest BCUT2D eigenvalue weighted by Gasteiger charge is 2.26. The number of nitrogens with zero attached hydrogens (tertiary/aromatic N) is 5. The summed E-state index contributed by atoms with van der Waals surface area (Å²) in [6.45, 7) is 1.58. The molecule has 3 aromatic heterocycles. The van der Waals surface area contributed by atoms with Crippen LogP contribution in [0.4, 0.5) is 4.79 Å². The van der Waals surface area contributed by atoms with E-state index >= 15 is 0 Å². The molecule has 1 atom stereocenters. The molecule has 4 rings (SSSR count). The quantitative estimate of drug-likeness (QED) is 0.742. The third kappa shape index (κ3) is 2.50. The van der Waals surface area contributed by atoms with Crippen molar-refractivity contribution in [1.29, 1.82) is 0 Å². The predicted octanol–water partition coefficient (Wildman–Crippen LogP) is 1.36. The van der Waals surface area contributed by atoms with Crippen molar-refractivity contribution in [2.24, 2.45) is 7.05 Å². The fourth-order valence-corrected chi connectivity index (χ4v) is 3.15. The van der Waals surface area contributed by atoms with Crippen molar-refractivity contribution in [3.63, 3.8) is 0 Å². The second-order valence-corrected chi connectivity index (χ2v) is 5.99. The Labute approximate surface area is 138 Å². The SMILES string of the molecule is Cn1cc(-c2ccc3c(C4CN(C(=O)O)CCN4)cnn3c2)cn1. The van der Waals surface area contributed by atoms with Gasteiger partial charge < -0.3 is 15.3 Å². The van der Waals surface area contributed by atoms with Crippen LogP contribution in [-0.4, -0.2) is 55.1 Å². The topological polar surface area (TPSA) is 87.7 Å². The van der Waals surface area contributed by atoms with Gasteiger partial charge in [0.05, 0.1) is 24.0 Å². The minimum Gasteiger partial charge on any atom is -0.465 e. The molecule has 1 fully saturated rings. The highest BCUT2D eigenvalue weighted by atomic mass is 16.4. The van der Waals surface area contributed by atoms with Gasteiger partial charge in [-0.05, 0) is 6.07 Å². The van der Waals surface area contributed by atoms with Gasteiger partial charge in [0.1, 0.15) is 0 Å². The molecule has 124 valence electrons. The lowest BCUT2D eigenvalue weighted by atomic mass is 10.1. The van der Waals surface area contributed by atoms with Crippen LogP contribution in [0.25, 0.3) is 16.6 Å². The summed E-state index contributed by atoms with van der Waals surface area (Å²) in [6, 6.07) is 4.01. The molecule has 1 saturated heterocycles. The lowest BCUT2D eigenvalue weighted by Gasteiger charge is -2.31. The van der Waals surface area contributed by atoms with Gasteiger partial charge in [-0.15, -0.1) is 0 Å². The van der Waals surface area contributed by atoms with E-state index in [0.717, 1.165) is 22.2 Å². The first kappa shape index (κ1) is 14.7. The zero-order valence-corrected chi connectivity index (χ0v) is 13.3. The third-order valence-electron chi connectivity index (χ3n) is 4.41. The average Bonchev–Trinajstić information content (AvgIpc) is 3.20. The molecule has 8 nitrogen and oxygen atoms in total. The van der Waals surface area contributed by atoms with Crippen LogP contribution in [0.5, 0.6) is 0 Å². The Morgan fingerprint density at radius 2 is 2.12 bits per heavy atom. The largest absolute Gasteiger partial charge is 0.465 e. The Morgan fingerprint density at radius 1 is 1.25 bits per heavy atom. The molecule has 8 heteroatoms. The molecule has 0 radical (unpaired) electrons. The second-order valence-electron chi connectivity index (χ2n) is 5.99. The number of nitrogens with one attached hydrogen (secondary N) is 1. The van der Waals surface area contributed by atoms with Crippen LogP contribution < -0.4 is 5.32 Å². The summed E-state index contributed by atoms with van der Waals surface area (Å²) >= 11 is 0. The smallest absolute Gasteiger partial charge is 0.407 e. The van der Waals surface area contributed by atoms with Gasteiger partial charge >= 0.3 is 6.09 Å². The molecule has 24 heavy (non-hydrogen) atoms. The summed E-state index contributed by atoms with van der Waals surface area (Å²) in [6.07, 6.45) is 6.67. The van der Waals surface area contributed by atoms with Gasteiger partial charge in [-0.25, -0.2) is 9.31 Å². The fourth-order valence-electron chi connectivity index (χ4n) is 3.15. The van der Waals surface area contributed by atoms with Gasteiger partial charge in [0.25, 0.3) is 0 Å². The minimum atomic E-state index is -0.878. The summed E-state index contributed by atoms with van der Waals surface area (Å²) in [4.78, 5) is 12.6. The predicted molar refractivity (Wildman–Crippen MR) is 87.7 cm³/mol. The standard InChI is InChI=1S/C16H18N6O2/c1-20-8-12(6-18-20)11-2-3-15-13(7-19-22(15)9-11)14-10-21(16(23)24)5-4-17-14/h2-3,6-9,14,17H,4-5,10H2,1H3,(H,23,24). The molecule has 2 N–H and O–H groups in total. The monoisotopic (exact) mass is 326 g/mol. The molecule has 3 aromatic rings. The van der Waals surface area contributed by atoms with Gasteiger partial charge in [0.15, 0.2) is 0 Å². The maximum atomic E-state index is 11.2. The van der Waals surface area contributed by atoms with Crippen molar-refractivity contribution >= 4 is 11.6 Å². The Morgan fingerprint density at radius 3 is 2.88 bits per heavy atom. The van der Waals surface area contributed by atoms with Gasteiger partial charge in [0, 0.05) is 55.8 Å². The van der Waals surface area contributed by atoms with E-state index in [1.165, 1.54) is 4.90 Å². The van der Waals surface area contributed by atoms with Crippen LogP contribution in [0, 0.1) is 0 Å². The molecule has 1 unspecified atom stereocenters. The molecular formula is C16H18N6O2. The lowest BCUT2D eigenvalue weighted by molar-refractivity contribution is 0.129. The molecule has 0 bridgehead atoms. The highest BCUT2D eigenvalue weighted by molar-refractivity contribution is 5.67. The van der Waals surface area contributed by atoms with E-state index in [1.807, 2.05) is 48.5 Å². The number of aryl methyl sites for hydroxylation is 1. The molecule has 0 aliphatic carbocycles. The van der Waals surface area contributed by atoms with E-state index in [9.17, 15) is 9.90 Å². The zero-order chi connectivity index (χ0) is 16.7. The van der Waals surface area contributed by atoms with E-state index in [4.69, 9.17) is 0 Å². The summed E-state index contributed by atoms with van der Waals surface area (Å²) in [5.41, 5.74) is 4.06. The molecule has 1 aliphatic heterocycles. The fraction of sp³-hybridized carbons (Fsp3) is 0.312. The summed E-state index contributed by atoms with van der Waals surface area (Å²) < 4.78 is 3.60. The number of hydrogen-bond acceptors (Lipinski definition) is 4. The molecule has 1 aliphatic rings. The molecule has 4 heterocycles. The number of piperazine rings is 1. The first-order valence-electron chi connectivity index (χ1n) is 7.79. The van der Waals surface area contributed by atoms with E-state index < -0.39 is 6.09 Å². The maximum absolute atomic E-state index is 11.2. The molecule has 0 spiro atoms. The summed E-state index contributed by atoms with van der Waals surface area (Å²) in [5, 5.41) is 21.2. The van der Waals surface area contributed by atoms with Crippen molar-refractivity contribution < 1.29 is 9.90 Å². The van der Waals surface area contributed by atoms with Crippen molar-refractivity contribution in [2.75, 3.05) is 19.6 Å². The van der Waals surface area contributed by atoms with Gasteiger partial charge in [0.2, 0.25) is 0 Å². The number of carbonyl (C=O) groups is 1. The molecule has 1 amide bonds.